The molecule has 0 aromatic heterocycles. The molecule has 1 aromatic rings. The van der Waals surface area contributed by atoms with Crippen LogP contribution in [-0.4, -0.2) is 58.3 Å². The zero-order valence-electron chi connectivity index (χ0n) is 11.7. The first-order chi connectivity index (χ1) is 9.16. The molecule has 19 heavy (non-hydrogen) atoms. The summed E-state index contributed by atoms with van der Waals surface area (Å²) in [7, 11) is 3.97. The van der Waals surface area contributed by atoms with Gasteiger partial charge in [0.1, 0.15) is 18.2 Å². The molecule has 1 aromatic carbocycles. The van der Waals surface area contributed by atoms with E-state index in [9.17, 15) is 4.39 Å². The Bertz CT molecular complexity index is 406. The molecule has 0 unspecified atom stereocenters. The molecule has 1 fully saturated rings. The SMILES string of the molecule is CN(C)CCOc1ccc(N2CCNCC2)c(F)c1. The van der Waals surface area contributed by atoms with Crippen LogP contribution in [0.3, 0.4) is 0 Å². The summed E-state index contributed by atoms with van der Waals surface area (Å²) in [5, 5.41) is 3.26. The number of nitrogens with zero attached hydrogens (tertiary/aromatic N) is 2. The maximum Gasteiger partial charge on any atom is 0.150 e. The van der Waals surface area contributed by atoms with Crippen molar-refractivity contribution >= 4 is 5.69 Å². The lowest BCUT2D eigenvalue weighted by molar-refractivity contribution is 0.260. The van der Waals surface area contributed by atoms with E-state index in [4.69, 9.17) is 4.74 Å². The van der Waals surface area contributed by atoms with Gasteiger partial charge in [-0.2, -0.15) is 0 Å². The van der Waals surface area contributed by atoms with Crippen molar-refractivity contribution < 1.29 is 9.13 Å². The van der Waals surface area contributed by atoms with Gasteiger partial charge in [0.15, 0.2) is 0 Å². The predicted octanol–water partition coefficient (Wildman–Crippen LogP) is 1.18. The van der Waals surface area contributed by atoms with Crippen molar-refractivity contribution in [3.63, 3.8) is 0 Å². The van der Waals surface area contributed by atoms with Gasteiger partial charge in [-0.25, -0.2) is 4.39 Å². The van der Waals surface area contributed by atoms with Crippen LogP contribution in [0.4, 0.5) is 10.1 Å². The molecule has 1 aliphatic heterocycles. The molecule has 106 valence electrons. The number of halogens is 1. The molecule has 0 radical (unpaired) electrons. The summed E-state index contributed by atoms with van der Waals surface area (Å²) in [6, 6.07) is 5.13. The van der Waals surface area contributed by atoms with Crippen molar-refractivity contribution in [2.45, 2.75) is 0 Å². The van der Waals surface area contributed by atoms with Crippen molar-refractivity contribution in [2.75, 3.05) is 58.3 Å². The average Bonchev–Trinajstić information content (AvgIpc) is 2.39. The Morgan fingerprint density at radius 3 is 2.68 bits per heavy atom. The quantitative estimate of drug-likeness (QED) is 0.867. The normalized spacial score (nSPS) is 15.9. The topological polar surface area (TPSA) is 27.7 Å². The van der Waals surface area contributed by atoms with Crippen LogP contribution in [-0.2, 0) is 0 Å². The van der Waals surface area contributed by atoms with Gasteiger partial charge >= 0.3 is 0 Å². The van der Waals surface area contributed by atoms with Gasteiger partial charge in [-0.15, -0.1) is 0 Å². The fraction of sp³-hybridized carbons (Fsp3) is 0.571. The predicted molar refractivity (Wildman–Crippen MR) is 75.5 cm³/mol. The maximum atomic E-state index is 14.1. The summed E-state index contributed by atoms with van der Waals surface area (Å²) in [6.45, 7) is 4.89. The number of hydrogen-bond donors (Lipinski definition) is 1. The van der Waals surface area contributed by atoms with Crippen molar-refractivity contribution in [3.05, 3.63) is 24.0 Å². The Morgan fingerprint density at radius 2 is 2.05 bits per heavy atom. The molecule has 2 rings (SSSR count). The van der Waals surface area contributed by atoms with E-state index in [1.165, 1.54) is 6.07 Å². The van der Waals surface area contributed by atoms with Gasteiger partial charge in [-0.05, 0) is 26.2 Å². The van der Waals surface area contributed by atoms with E-state index in [1.807, 2.05) is 31.1 Å². The van der Waals surface area contributed by atoms with Crippen LogP contribution >= 0.6 is 0 Å². The molecule has 1 heterocycles. The summed E-state index contributed by atoms with van der Waals surface area (Å²) >= 11 is 0. The van der Waals surface area contributed by atoms with Gasteiger partial charge in [0.25, 0.3) is 0 Å². The molecule has 0 atom stereocenters. The van der Waals surface area contributed by atoms with Crippen molar-refractivity contribution in [1.29, 1.82) is 0 Å². The third-order valence-corrected chi connectivity index (χ3v) is 3.18. The van der Waals surface area contributed by atoms with Crippen LogP contribution in [0, 0.1) is 5.82 Å². The second-order valence-electron chi connectivity index (χ2n) is 5.00. The molecular weight excluding hydrogens is 245 g/mol. The van der Waals surface area contributed by atoms with Crippen LogP contribution in [0.1, 0.15) is 0 Å². The van der Waals surface area contributed by atoms with E-state index < -0.39 is 0 Å². The van der Waals surface area contributed by atoms with E-state index in [2.05, 4.69) is 10.2 Å². The zero-order chi connectivity index (χ0) is 13.7. The van der Waals surface area contributed by atoms with Gasteiger partial charge in [-0.1, -0.05) is 0 Å². The third kappa shape index (κ3) is 4.08. The standard InChI is InChI=1S/C14H22FN3O/c1-17(2)9-10-19-12-3-4-14(13(15)11-12)18-7-5-16-6-8-18/h3-4,11,16H,5-10H2,1-2H3. The minimum absolute atomic E-state index is 0.204. The van der Waals surface area contributed by atoms with Gasteiger partial charge in [0.2, 0.25) is 0 Å². The molecule has 0 spiro atoms. The van der Waals surface area contributed by atoms with E-state index in [0.29, 0.717) is 18.0 Å². The Morgan fingerprint density at radius 1 is 1.32 bits per heavy atom. The van der Waals surface area contributed by atoms with Crippen molar-refractivity contribution in [3.8, 4) is 5.75 Å². The number of anilines is 1. The van der Waals surface area contributed by atoms with Crippen LogP contribution < -0.4 is 15.0 Å². The van der Waals surface area contributed by atoms with E-state index in [-0.39, 0.29) is 5.82 Å². The molecule has 0 aliphatic carbocycles. The number of rotatable bonds is 5. The van der Waals surface area contributed by atoms with E-state index in [0.717, 1.165) is 32.7 Å². The second kappa shape index (κ2) is 6.73. The van der Waals surface area contributed by atoms with Crippen molar-refractivity contribution in [2.24, 2.45) is 0 Å². The Hall–Kier alpha value is -1.33. The minimum Gasteiger partial charge on any atom is -0.492 e. The van der Waals surface area contributed by atoms with E-state index in [1.54, 1.807) is 0 Å². The first kappa shape index (κ1) is 14.1. The second-order valence-corrected chi connectivity index (χ2v) is 5.00. The number of ether oxygens (including phenoxy) is 1. The summed E-state index contributed by atoms with van der Waals surface area (Å²) in [5.74, 6) is 0.391. The maximum absolute atomic E-state index is 14.1. The first-order valence-corrected chi connectivity index (χ1v) is 6.69. The molecule has 5 heteroatoms. The lowest BCUT2D eigenvalue weighted by Crippen LogP contribution is -2.43. The Balaban J connectivity index is 1.96. The highest BCUT2D eigenvalue weighted by molar-refractivity contribution is 5.51. The number of nitrogens with one attached hydrogen (secondary N) is 1. The highest BCUT2D eigenvalue weighted by Crippen LogP contribution is 2.24. The van der Waals surface area contributed by atoms with Crippen LogP contribution in [0.25, 0.3) is 0 Å². The van der Waals surface area contributed by atoms with Gasteiger partial charge in [0.05, 0.1) is 5.69 Å². The lowest BCUT2D eigenvalue weighted by atomic mass is 10.2. The molecule has 1 N–H and O–H groups in total. The monoisotopic (exact) mass is 267 g/mol. The summed E-state index contributed by atoms with van der Waals surface area (Å²) < 4.78 is 19.6. The molecule has 0 bridgehead atoms. The average molecular weight is 267 g/mol. The largest absolute Gasteiger partial charge is 0.492 e. The van der Waals surface area contributed by atoms with Crippen LogP contribution in [0.2, 0.25) is 0 Å². The molecule has 1 saturated heterocycles. The summed E-state index contributed by atoms with van der Waals surface area (Å²) in [4.78, 5) is 4.10. The van der Waals surface area contributed by atoms with Crippen LogP contribution in [0.5, 0.6) is 5.75 Å². The fourth-order valence-electron chi connectivity index (χ4n) is 2.09. The highest BCUT2D eigenvalue weighted by atomic mass is 19.1. The molecule has 1 aliphatic rings. The first-order valence-electron chi connectivity index (χ1n) is 6.69. The fourth-order valence-corrected chi connectivity index (χ4v) is 2.09. The number of piperazine rings is 1. The smallest absolute Gasteiger partial charge is 0.150 e. The Kier molecular flexibility index (Phi) is 4.99. The summed E-state index contributed by atoms with van der Waals surface area (Å²) in [5.41, 5.74) is 0.668. The zero-order valence-corrected chi connectivity index (χ0v) is 11.7. The lowest BCUT2D eigenvalue weighted by Gasteiger charge is -2.29. The van der Waals surface area contributed by atoms with Gasteiger partial charge in [0, 0.05) is 38.8 Å². The van der Waals surface area contributed by atoms with Gasteiger partial charge < -0.3 is 19.9 Å². The molecule has 0 amide bonds. The highest BCUT2D eigenvalue weighted by Gasteiger charge is 2.14. The van der Waals surface area contributed by atoms with Crippen molar-refractivity contribution in [1.82, 2.24) is 10.2 Å². The van der Waals surface area contributed by atoms with E-state index >= 15 is 0 Å². The number of hydrogen-bond acceptors (Lipinski definition) is 4. The minimum atomic E-state index is -0.204. The third-order valence-electron chi connectivity index (χ3n) is 3.18. The number of likely N-dealkylation sites (N-methyl/N-ethyl adjacent to an activating group) is 1. The van der Waals surface area contributed by atoms with Crippen LogP contribution in [0.15, 0.2) is 18.2 Å². The molecular formula is C14H22FN3O. The molecule has 4 nitrogen and oxygen atoms in total. The number of benzene rings is 1. The summed E-state index contributed by atoms with van der Waals surface area (Å²) in [6.07, 6.45) is 0. The molecule has 0 saturated carbocycles. The van der Waals surface area contributed by atoms with Gasteiger partial charge in [-0.3, -0.25) is 0 Å². The Labute approximate surface area is 114 Å².